The van der Waals surface area contributed by atoms with Crippen molar-refractivity contribution in [3.8, 4) is 5.75 Å². The second kappa shape index (κ2) is 10.1. The van der Waals surface area contributed by atoms with Gasteiger partial charge in [-0.3, -0.25) is 4.79 Å². The summed E-state index contributed by atoms with van der Waals surface area (Å²) >= 11 is 0. The van der Waals surface area contributed by atoms with Crippen LogP contribution < -0.4 is 15.4 Å². The number of anilines is 1. The summed E-state index contributed by atoms with van der Waals surface area (Å²) in [5.41, 5.74) is 0.457. The maximum atomic E-state index is 12.5. The van der Waals surface area contributed by atoms with E-state index in [1.54, 1.807) is 19.1 Å². The molecule has 1 aromatic carbocycles. The molecular weight excluding hydrogens is 378 g/mol. The Morgan fingerprint density at radius 1 is 1.38 bits per heavy atom. The van der Waals surface area contributed by atoms with Crippen LogP contribution in [0.5, 0.6) is 5.75 Å². The molecule has 0 radical (unpaired) electrons. The topological polar surface area (TPSA) is 87.7 Å². The van der Waals surface area contributed by atoms with E-state index in [9.17, 15) is 13.2 Å². The van der Waals surface area contributed by atoms with Crippen molar-refractivity contribution in [1.82, 2.24) is 9.62 Å². The number of carbonyl (C=O) groups excluding carboxylic acids is 1. The first-order chi connectivity index (χ1) is 11.8. The standard InChI is InChI=1S/C17H27N3O4S.ClH/c1-4-24-15-7-6-14(11-16(15)25(22,23)20(2)3)19-17(21)8-5-13-9-10-18-12-13;/h6-7,11,13,18H,4-5,8-10,12H2,1-3H3,(H,19,21);1H. The molecule has 1 aliphatic heterocycles. The fourth-order valence-electron chi connectivity index (χ4n) is 2.78. The number of hydrogen-bond donors (Lipinski definition) is 2. The maximum Gasteiger partial charge on any atom is 0.246 e. The molecule has 1 fully saturated rings. The van der Waals surface area contributed by atoms with Crippen LogP contribution in [0.25, 0.3) is 0 Å². The van der Waals surface area contributed by atoms with Crippen molar-refractivity contribution in [2.45, 2.75) is 31.1 Å². The molecule has 7 nitrogen and oxygen atoms in total. The van der Waals surface area contributed by atoms with Gasteiger partial charge < -0.3 is 15.4 Å². The van der Waals surface area contributed by atoms with Crippen LogP contribution in [0.15, 0.2) is 23.1 Å². The molecule has 1 atom stereocenters. The Labute approximate surface area is 161 Å². The molecule has 148 valence electrons. The van der Waals surface area contributed by atoms with Crippen LogP contribution in [0.1, 0.15) is 26.2 Å². The molecule has 1 aromatic rings. The lowest BCUT2D eigenvalue weighted by Crippen LogP contribution is -2.23. The number of hydrogen-bond acceptors (Lipinski definition) is 5. The summed E-state index contributed by atoms with van der Waals surface area (Å²) in [5.74, 6) is 0.714. The highest BCUT2D eigenvalue weighted by atomic mass is 35.5. The van der Waals surface area contributed by atoms with Crippen molar-refractivity contribution in [2.24, 2.45) is 5.92 Å². The van der Waals surface area contributed by atoms with Crippen molar-refractivity contribution in [3.05, 3.63) is 18.2 Å². The number of benzene rings is 1. The lowest BCUT2D eigenvalue weighted by atomic mass is 10.0. The zero-order valence-electron chi connectivity index (χ0n) is 15.4. The number of nitrogens with one attached hydrogen (secondary N) is 2. The summed E-state index contributed by atoms with van der Waals surface area (Å²) in [6.07, 6.45) is 2.36. The Hall–Kier alpha value is -1.35. The number of halogens is 1. The van der Waals surface area contributed by atoms with Crippen molar-refractivity contribution in [2.75, 3.05) is 39.1 Å². The highest BCUT2D eigenvalue weighted by Gasteiger charge is 2.23. The molecule has 0 aliphatic carbocycles. The van der Waals surface area contributed by atoms with Gasteiger partial charge >= 0.3 is 0 Å². The minimum Gasteiger partial charge on any atom is -0.492 e. The third kappa shape index (κ3) is 5.84. The van der Waals surface area contributed by atoms with E-state index in [1.807, 2.05) is 0 Å². The largest absolute Gasteiger partial charge is 0.492 e. The predicted molar refractivity (Wildman–Crippen MR) is 105 cm³/mol. The molecule has 1 amide bonds. The van der Waals surface area contributed by atoms with Crippen LogP contribution in [0.2, 0.25) is 0 Å². The highest BCUT2D eigenvalue weighted by molar-refractivity contribution is 7.89. The van der Waals surface area contributed by atoms with Crippen molar-refractivity contribution >= 4 is 34.0 Å². The number of ether oxygens (including phenoxy) is 1. The number of amides is 1. The van der Waals surface area contributed by atoms with E-state index in [1.165, 1.54) is 20.2 Å². The van der Waals surface area contributed by atoms with Crippen LogP contribution in [0, 0.1) is 5.92 Å². The fraction of sp³-hybridized carbons (Fsp3) is 0.588. The highest BCUT2D eigenvalue weighted by Crippen LogP contribution is 2.29. The molecule has 9 heteroatoms. The Kier molecular flexibility index (Phi) is 8.82. The molecule has 1 unspecified atom stereocenters. The summed E-state index contributed by atoms with van der Waals surface area (Å²) < 4.78 is 31.5. The zero-order chi connectivity index (χ0) is 18.4. The van der Waals surface area contributed by atoms with Crippen molar-refractivity contribution < 1.29 is 17.9 Å². The van der Waals surface area contributed by atoms with Gasteiger partial charge in [-0.25, -0.2) is 12.7 Å². The number of nitrogens with zero attached hydrogens (tertiary/aromatic N) is 1. The maximum absolute atomic E-state index is 12.5. The summed E-state index contributed by atoms with van der Waals surface area (Å²) in [6, 6.07) is 4.69. The van der Waals surface area contributed by atoms with Crippen molar-refractivity contribution in [1.29, 1.82) is 0 Å². The molecule has 2 rings (SSSR count). The minimum absolute atomic E-state index is 0. The minimum atomic E-state index is -3.66. The molecule has 0 saturated carbocycles. The van der Waals surface area contributed by atoms with Gasteiger partial charge in [0.05, 0.1) is 6.61 Å². The smallest absolute Gasteiger partial charge is 0.246 e. The SMILES string of the molecule is CCOc1ccc(NC(=O)CCC2CCNC2)cc1S(=O)(=O)N(C)C.Cl. The second-order valence-corrected chi connectivity index (χ2v) is 8.45. The average Bonchev–Trinajstić information content (AvgIpc) is 3.08. The van der Waals surface area contributed by atoms with E-state index in [2.05, 4.69) is 10.6 Å². The lowest BCUT2D eigenvalue weighted by Gasteiger charge is -2.17. The summed E-state index contributed by atoms with van der Waals surface area (Å²) in [7, 11) is -0.736. The van der Waals surface area contributed by atoms with Gasteiger partial charge in [0.25, 0.3) is 0 Å². The number of sulfonamides is 1. The Bertz CT molecular complexity index is 704. The van der Waals surface area contributed by atoms with E-state index < -0.39 is 10.0 Å². The fourth-order valence-corrected chi connectivity index (χ4v) is 3.83. The van der Waals surface area contributed by atoms with Gasteiger partial charge in [-0.05, 0) is 57.0 Å². The van der Waals surface area contributed by atoms with Gasteiger partial charge in [0.2, 0.25) is 15.9 Å². The Morgan fingerprint density at radius 2 is 2.12 bits per heavy atom. The molecule has 2 N–H and O–H groups in total. The van der Waals surface area contributed by atoms with E-state index in [4.69, 9.17) is 4.74 Å². The monoisotopic (exact) mass is 405 g/mol. The molecule has 1 saturated heterocycles. The first-order valence-electron chi connectivity index (χ1n) is 8.54. The molecule has 26 heavy (non-hydrogen) atoms. The van der Waals surface area contributed by atoms with Gasteiger partial charge in [-0.2, -0.15) is 0 Å². The number of carbonyl (C=O) groups is 1. The van der Waals surface area contributed by atoms with E-state index in [-0.39, 0.29) is 29.0 Å². The molecule has 0 aromatic heterocycles. The molecular formula is C17H28ClN3O4S. The van der Waals surface area contributed by atoms with Crippen LogP contribution in [0.4, 0.5) is 5.69 Å². The van der Waals surface area contributed by atoms with Crippen LogP contribution >= 0.6 is 12.4 Å². The zero-order valence-corrected chi connectivity index (χ0v) is 17.1. The van der Waals surface area contributed by atoms with Crippen LogP contribution in [-0.4, -0.2) is 52.4 Å². The quantitative estimate of drug-likeness (QED) is 0.691. The van der Waals surface area contributed by atoms with E-state index in [0.29, 0.717) is 24.6 Å². The summed E-state index contributed by atoms with van der Waals surface area (Å²) in [5, 5.41) is 6.07. The van der Waals surface area contributed by atoms with Gasteiger partial charge in [0.1, 0.15) is 10.6 Å². The van der Waals surface area contributed by atoms with Gasteiger partial charge in [0, 0.05) is 26.2 Å². The van der Waals surface area contributed by atoms with Crippen molar-refractivity contribution in [3.63, 3.8) is 0 Å². The molecule has 0 bridgehead atoms. The Balaban J connectivity index is 0.00000338. The van der Waals surface area contributed by atoms with Gasteiger partial charge in [-0.15, -0.1) is 12.4 Å². The van der Waals surface area contributed by atoms with E-state index >= 15 is 0 Å². The van der Waals surface area contributed by atoms with Crippen LogP contribution in [0.3, 0.4) is 0 Å². The first-order valence-corrected chi connectivity index (χ1v) is 9.98. The molecule has 1 heterocycles. The number of rotatable bonds is 8. The molecule has 0 spiro atoms. The first kappa shape index (κ1) is 22.7. The molecule has 1 aliphatic rings. The third-order valence-corrected chi connectivity index (χ3v) is 6.06. The normalized spacial score (nSPS) is 17.0. The van der Waals surface area contributed by atoms with Gasteiger partial charge in [-0.1, -0.05) is 0 Å². The summed E-state index contributed by atoms with van der Waals surface area (Å²) in [6.45, 7) is 4.12. The van der Waals surface area contributed by atoms with Gasteiger partial charge in [0.15, 0.2) is 0 Å². The predicted octanol–water partition coefficient (Wildman–Crippen LogP) is 2.09. The van der Waals surface area contributed by atoms with Crippen LogP contribution in [-0.2, 0) is 14.8 Å². The third-order valence-electron chi connectivity index (χ3n) is 4.23. The second-order valence-electron chi connectivity index (χ2n) is 6.33. The Morgan fingerprint density at radius 3 is 2.69 bits per heavy atom. The van der Waals surface area contributed by atoms with E-state index in [0.717, 1.165) is 30.2 Å². The average molecular weight is 406 g/mol. The summed E-state index contributed by atoms with van der Waals surface area (Å²) in [4.78, 5) is 12.2. The lowest BCUT2D eigenvalue weighted by molar-refractivity contribution is -0.116.